The SMILES string of the molecule is Cc1cc(Cl)c(N=C(N)c2cccnc2)cc1SCC(C)(F)F. The van der Waals surface area contributed by atoms with Gasteiger partial charge in [0.15, 0.2) is 0 Å². The molecule has 0 bridgehead atoms. The lowest BCUT2D eigenvalue weighted by molar-refractivity contribution is 0.0492. The number of aromatic nitrogens is 1. The molecule has 0 aliphatic carbocycles. The smallest absolute Gasteiger partial charge is 0.254 e. The number of hydrogen-bond donors (Lipinski definition) is 1. The molecule has 1 aromatic heterocycles. The number of nitrogens with two attached hydrogens (primary N) is 1. The lowest BCUT2D eigenvalue weighted by Crippen LogP contribution is -2.13. The van der Waals surface area contributed by atoms with Crippen molar-refractivity contribution in [3.05, 3.63) is 52.8 Å². The number of thioether (sulfide) groups is 1. The highest BCUT2D eigenvalue weighted by Gasteiger charge is 2.22. The van der Waals surface area contributed by atoms with Crippen LogP contribution in [0.4, 0.5) is 14.5 Å². The fraction of sp³-hybridized carbons (Fsp3) is 0.250. The van der Waals surface area contributed by atoms with Crippen LogP contribution in [-0.4, -0.2) is 22.5 Å². The number of halogens is 3. The molecule has 0 radical (unpaired) electrons. The molecule has 0 aliphatic rings. The summed E-state index contributed by atoms with van der Waals surface area (Å²) in [6.45, 7) is 2.71. The predicted octanol–water partition coefficient (Wildman–Crippen LogP) is 4.83. The van der Waals surface area contributed by atoms with E-state index in [9.17, 15) is 8.78 Å². The van der Waals surface area contributed by atoms with E-state index in [1.54, 1.807) is 36.7 Å². The maximum atomic E-state index is 13.0. The molecule has 0 fully saturated rings. The third-order valence-corrected chi connectivity index (χ3v) is 4.63. The van der Waals surface area contributed by atoms with Gasteiger partial charge in [0.25, 0.3) is 5.92 Å². The highest BCUT2D eigenvalue weighted by atomic mass is 35.5. The van der Waals surface area contributed by atoms with E-state index in [2.05, 4.69) is 9.98 Å². The second kappa shape index (κ2) is 7.27. The highest BCUT2D eigenvalue weighted by Crippen LogP contribution is 2.35. The van der Waals surface area contributed by atoms with Crippen molar-refractivity contribution in [3.63, 3.8) is 0 Å². The first-order valence-corrected chi connectivity index (χ1v) is 8.18. The fourth-order valence-electron chi connectivity index (χ4n) is 1.80. The molecule has 0 saturated carbocycles. The quantitative estimate of drug-likeness (QED) is 0.475. The summed E-state index contributed by atoms with van der Waals surface area (Å²) in [5.74, 6) is -2.79. The van der Waals surface area contributed by atoms with E-state index >= 15 is 0 Å². The predicted molar refractivity (Wildman–Crippen MR) is 92.2 cm³/mol. The van der Waals surface area contributed by atoms with Crippen molar-refractivity contribution in [1.29, 1.82) is 0 Å². The molecule has 1 heterocycles. The molecule has 0 atom stereocenters. The summed E-state index contributed by atoms with van der Waals surface area (Å²) in [7, 11) is 0. The second-order valence-electron chi connectivity index (χ2n) is 5.17. The molecule has 3 nitrogen and oxygen atoms in total. The molecule has 0 amide bonds. The third kappa shape index (κ3) is 5.18. The number of benzene rings is 1. The molecular weight excluding hydrogens is 340 g/mol. The maximum absolute atomic E-state index is 13.0. The van der Waals surface area contributed by atoms with E-state index in [0.717, 1.165) is 24.2 Å². The minimum atomic E-state index is -2.74. The molecule has 23 heavy (non-hydrogen) atoms. The van der Waals surface area contributed by atoms with Crippen LogP contribution in [-0.2, 0) is 0 Å². The number of aliphatic imine (C=N–C) groups is 1. The van der Waals surface area contributed by atoms with Crippen LogP contribution in [0.1, 0.15) is 18.1 Å². The summed E-state index contributed by atoms with van der Waals surface area (Å²) < 4.78 is 26.1. The normalized spacial score (nSPS) is 12.5. The Bertz CT molecular complexity index is 715. The van der Waals surface area contributed by atoms with Crippen molar-refractivity contribution in [3.8, 4) is 0 Å². The highest BCUT2D eigenvalue weighted by molar-refractivity contribution is 7.99. The molecule has 0 aliphatic heterocycles. The van der Waals surface area contributed by atoms with Gasteiger partial charge in [0.1, 0.15) is 5.84 Å². The van der Waals surface area contributed by atoms with Gasteiger partial charge in [0.2, 0.25) is 0 Å². The van der Waals surface area contributed by atoms with Gasteiger partial charge in [0, 0.05) is 29.8 Å². The second-order valence-corrected chi connectivity index (χ2v) is 6.59. The number of hydrogen-bond acceptors (Lipinski definition) is 3. The first-order valence-electron chi connectivity index (χ1n) is 6.81. The molecule has 2 rings (SSSR count). The zero-order chi connectivity index (χ0) is 17.0. The van der Waals surface area contributed by atoms with Crippen molar-refractivity contribution >= 4 is 34.9 Å². The lowest BCUT2D eigenvalue weighted by Gasteiger charge is -2.12. The molecule has 2 N–H and O–H groups in total. The van der Waals surface area contributed by atoms with Crippen molar-refractivity contribution in [2.24, 2.45) is 10.7 Å². The largest absolute Gasteiger partial charge is 0.383 e. The Labute approximate surface area is 143 Å². The van der Waals surface area contributed by atoms with Crippen LogP contribution in [0.3, 0.4) is 0 Å². The molecule has 2 aromatic rings. The summed E-state index contributed by atoms with van der Waals surface area (Å²) in [5, 5.41) is 0.418. The average molecular weight is 356 g/mol. The third-order valence-electron chi connectivity index (χ3n) is 2.92. The summed E-state index contributed by atoms with van der Waals surface area (Å²) in [4.78, 5) is 8.98. The Balaban J connectivity index is 2.32. The van der Waals surface area contributed by atoms with Crippen LogP contribution in [0.25, 0.3) is 0 Å². The van der Waals surface area contributed by atoms with E-state index in [1.165, 1.54) is 0 Å². The minimum absolute atomic E-state index is 0.264. The van der Waals surface area contributed by atoms with Crippen LogP contribution in [0.5, 0.6) is 0 Å². The molecule has 122 valence electrons. The topological polar surface area (TPSA) is 51.3 Å². The molecule has 0 unspecified atom stereocenters. The standard InChI is InChI=1S/C16H16ClF2N3S/c1-10-6-12(17)13(7-14(10)23-9-16(2,18)19)22-15(20)11-4-3-5-21-8-11/h3-8H,9H2,1-2H3,(H2,20,22). The molecule has 0 spiro atoms. The van der Waals surface area contributed by atoms with Gasteiger partial charge in [-0.2, -0.15) is 0 Å². The van der Waals surface area contributed by atoms with Crippen molar-refractivity contribution in [2.75, 3.05) is 5.75 Å². The number of alkyl halides is 2. The Morgan fingerprint density at radius 3 is 2.78 bits per heavy atom. The summed E-state index contributed by atoms with van der Waals surface area (Å²) in [6.07, 6.45) is 3.23. The fourth-order valence-corrected chi connectivity index (χ4v) is 2.95. The molecule has 0 saturated heterocycles. The van der Waals surface area contributed by atoms with Gasteiger partial charge in [-0.25, -0.2) is 13.8 Å². The van der Waals surface area contributed by atoms with Gasteiger partial charge in [-0.15, -0.1) is 11.8 Å². The summed E-state index contributed by atoms with van der Waals surface area (Å²) in [6, 6.07) is 6.91. The van der Waals surface area contributed by atoms with Crippen molar-refractivity contribution in [2.45, 2.75) is 24.7 Å². The van der Waals surface area contributed by atoms with Crippen molar-refractivity contribution in [1.82, 2.24) is 4.98 Å². The van der Waals surface area contributed by atoms with Crippen LogP contribution < -0.4 is 5.73 Å². The zero-order valence-corrected chi connectivity index (χ0v) is 14.3. The van der Waals surface area contributed by atoms with Gasteiger partial charge in [-0.1, -0.05) is 11.6 Å². The number of pyridine rings is 1. The van der Waals surface area contributed by atoms with E-state index < -0.39 is 5.92 Å². The molecular formula is C16H16ClF2N3S. The van der Waals surface area contributed by atoms with Crippen LogP contribution in [0, 0.1) is 6.92 Å². The van der Waals surface area contributed by atoms with E-state index in [1.807, 2.05) is 6.92 Å². The van der Waals surface area contributed by atoms with Gasteiger partial charge in [0.05, 0.1) is 16.5 Å². The Morgan fingerprint density at radius 2 is 2.17 bits per heavy atom. The number of amidine groups is 1. The van der Waals surface area contributed by atoms with E-state index in [-0.39, 0.29) is 11.6 Å². The summed E-state index contributed by atoms with van der Waals surface area (Å²) in [5.41, 5.74) is 7.88. The van der Waals surface area contributed by atoms with E-state index in [0.29, 0.717) is 21.2 Å². The zero-order valence-electron chi connectivity index (χ0n) is 12.7. The number of nitrogens with zero attached hydrogens (tertiary/aromatic N) is 2. The van der Waals surface area contributed by atoms with Gasteiger partial charge in [-0.3, -0.25) is 4.98 Å². The van der Waals surface area contributed by atoms with Gasteiger partial charge >= 0.3 is 0 Å². The van der Waals surface area contributed by atoms with Crippen LogP contribution in [0.2, 0.25) is 5.02 Å². The molecule has 1 aromatic carbocycles. The van der Waals surface area contributed by atoms with Crippen molar-refractivity contribution < 1.29 is 8.78 Å². The van der Waals surface area contributed by atoms with Crippen LogP contribution in [0.15, 0.2) is 46.5 Å². The van der Waals surface area contributed by atoms with E-state index in [4.69, 9.17) is 17.3 Å². The lowest BCUT2D eigenvalue weighted by atomic mass is 10.2. The number of aryl methyl sites for hydroxylation is 1. The van der Waals surface area contributed by atoms with Gasteiger partial charge < -0.3 is 5.73 Å². The summed E-state index contributed by atoms with van der Waals surface area (Å²) >= 11 is 7.26. The Hall–Kier alpha value is -1.66. The Kier molecular flexibility index (Phi) is 5.59. The Morgan fingerprint density at radius 1 is 1.43 bits per heavy atom. The van der Waals surface area contributed by atoms with Gasteiger partial charge in [-0.05, 0) is 36.8 Å². The van der Waals surface area contributed by atoms with Crippen LogP contribution >= 0.6 is 23.4 Å². The maximum Gasteiger partial charge on any atom is 0.254 e. The minimum Gasteiger partial charge on any atom is -0.383 e. The molecule has 7 heteroatoms. The monoisotopic (exact) mass is 355 g/mol. The average Bonchev–Trinajstić information content (AvgIpc) is 2.48. The first-order chi connectivity index (χ1) is 10.8. The number of rotatable bonds is 5. The first kappa shape index (κ1) is 17.7.